The Balaban J connectivity index is 0.00000288. The van der Waals surface area contributed by atoms with Crippen molar-refractivity contribution in [3.63, 3.8) is 0 Å². The maximum atomic E-state index is 12.6. The highest BCUT2D eigenvalue weighted by Crippen LogP contribution is 2.30. The highest BCUT2D eigenvalue weighted by atomic mass is 35.5. The van der Waals surface area contributed by atoms with Crippen LogP contribution in [0.5, 0.6) is 0 Å². The van der Waals surface area contributed by atoms with Crippen molar-refractivity contribution in [2.24, 2.45) is 11.8 Å². The third-order valence-electron chi connectivity index (χ3n) is 4.80. The molecular weight excluding hydrogens is 347 g/mol. The first-order valence-corrected chi connectivity index (χ1v) is 8.13. The van der Waals surface area contributed by atoms with Gasteiger partial charge in [0.25, 0.3) is 0 Å². The molecule has 0 aliphatic carbocycles. The van der Waals surface area contributed by atoms with E-state index in [4.69, 9.17) is 0 Å². The van der Waals surface area contributed by atoms with Crippen molar-refractivity contribution >= 4 is 24.2 Å². The Morgan fingerprint density at radius 1 is 1.25 bits per heavy atom. The fourth-order valence-corrected chi connectivity index (χ4v) is 3.30. The second-order valence-electron chi connectivity index (χ2n) is 6.39. The summed E-state index contributed by atoms with van der Waals surface area (Å²) in [6, 6.07) is -1.83. The first-order chi connectivity index (χ1) is 10.8. The normalized spacial score (nSPS) is 25.8. The molecule has 24 heavy (non-hydrogen) atoms. The van der Waals surface area contributed by atoms with Gasteiger partial charge in [0.15, 0.2) is 0 Å². The van der Waals surface area contributed by atoms with Crippen LogP contribution in [0.1, 0.15) is 32.1 Å². The second kappa shape index (κ2) is 8.89. The number of hydrogen-bond donors (Lipinski definition) is 2. The van der Waals surface area contributed by atoms with Gasteiger partial charge in [0.2, 0.25) is 11.8 Å². The maximum Gasteiger partial charge on any atom is 0.408 e. The van der Waals surface area contributed by atoms with E-state index >= 15 is 0 Å². The summed E-state index contributed by atoms with van der Waals surface area (Å²) in [6.45, 7) is 2.10. The number of likely N-dealkylation sites (tertiary alicyclic amines) is 1. The molecule has 9 heteroatoms. The zero-order chi connectivity index (χ0) is 17.0. The first-order valence-electron chi connectivity index (χ1n) is 8.13. The number of halogens is 4. The number of nitrogens with zero attached hydrogens (tertiary/aromatic N) is 1. The standard InChI is InChI=1S/C15H24F3N3O2.ClH/c1-19-7-4-10-5-8-21(9-6-10)14(23)11-2-3-12(15(16,17)18)20-13(11)22;/h10-12,19H,2-9H2,1H3,(H,20,22);1H. The van der Waals surface area contributed by atoms with Crippen molar-refractivity contribution in [2.75, 3.05) is 26.7 Å². The largest absolute Gasteiger partial charge is 0.408 e. The minimum Gasteiger partial charge on any atom is -0.344 e. The lowest BCUT2D eigenvalue weighted by Gasteiger charge is -2.36. The molecule has 2 saturated heterocycles. The topological polar surface area (TPSA) is 61.4 Å². The predicted molar refractivity (Wildman–Crippen MR) is 85.8 cm³/mol. The van der Waals surface area contributed by atoms with Crippen molar-refractivity contribution in [3.8, 4) is 0 Å². The van der Waals surface area contributed by atoms with Crippen LogP contribution in [-0.4, -0.2) is 55.6 Å². The molecule has 0 aromatic heterocycles. The van der Waals surface area contributed by atoms with Gasteiger partial charge in [0.05, 0.1) is 0 Å². The van der Waals surface area contributed by atoms with Crippen LogP contribution in [-0.2, 0) is 9.59 Å². The maximum absolute atomic E-state index is 12.6. The van der Waals surface area contributed by atoms with Crippen molar-refractivity contribution in [3.05, 3.63) is 0 Å². The smallest absolute Gasteiger partial charge is 0.344 e. The highest BCUT2D eigenvalue weighted by Gasteiger charge is 2.46. The Morgan fingerprint density at radius 3 is 2.38 bits per heavy atom. The van der Waals surface area contributed by atoms with Crippen LogP contribution in [0.4, 0.5) is 13.2 Å². The summed E-state index contributed by atoms with van der Waals surface area (Å²) in [5.41, 5.74) is 0. The molecule has 140 valence electrons. The Bertz CT molecular complexity index is 440. The molecule has 2 amide bonds. The van der Waals surface area contributed by atoms with E-state index in [0.29, 0.717) is 19.0 Å². The van der Waals surface area contributed by atoms with E-state index in [2.05, 4.69) is 5.32 Å². The SMILES string of the molecule is CNCCC1CCN(C(=O)C2CCC(C(F)(F)F)NC2=O)CC1.Cl. The highest BCUT2D eigenvalue weighted by molar-refractivity contribution is 6.00. The van der Waals surface area contributed by atoms with Gasteiger partial charge in [0, 0.05) is 13.1 Å². The average molecular weight is 372 g/mol. The van der Waals surface area contributed by atoms with Gasteiger partial charge < -0.3 is 15.5 Å². The number of rotatable bonds is 4. The third kappa shape index (κ3) is 5.24. The lowest BCUT2D eigenvalue weighted by atomic mass is 9.89. The van der Waals surface area contributed by atoms with Gasteiger partial charge in [-0.15, -0.1) is 12.4 Å². The molecule has 2 aliphatic heterocycles. The molecule has 2 fully saturated rings. The van der Waals surface area contributed by atoms with Gasteiger partial charge in [-0.05, 0) is 51.6 Å². The Hall–Kier alpha value is -1.02. The summed E-state index contributed by atoms with van der Waals surface area (Å²) in [7, 11) is 1.90. The zero-order valence-electron chi connectivity index (χ0n) is 13.7. The van der Waals surface area contributed by atoms with Gasteiger partial charge >= 0.3 is 6.18 Å². The zero-order valence-corrected chi connectivity index (χ0v) is 14.5. The number of alkyl halides is 3. The summed E-state index contributed by atoms with van der Waals surface area (Å²) < 4.78 is 37.9. The van der Waals surface area contributed by atoms with Crippen LogP contribution in [0.25, 0.3) is 0 Å². The number of nitrogens with one attached hydrogen (secondary N) is 2. The number of hydrogen-bond acceptors (Lipinski definition) is 3. The quantitative estimate of drug-likeness (QED) is 0.740. The fourth-order valence-electron chi connectivity index (χ4n) is 3.30. The predicted octanol–water partition coefficient (Wildman–Crippen LogP) is 1.71. The molecule has 2 aliphatic rings. The van der Waals surface area contributed by atoms with E-state index in [1.165, 1.54) is 0 Å². The van der Waals surface area contributed by atoms with Crippen LogP contribution < -0.4 is 10.6 Å². The molecule has 0 spiro atoms. The summed E-state index contributed by atoms with van der Waals surface area (Å²) in [5.74, 6) is -1.53. The van der Waals surface area contributed by atoms with Crippen LogP contribution in [0.3, 0.4) is 0 Å². The van der Waals surface area contributed by atoms with Crippen LogP contribution in [0.2, 0.25) is 0 Å². The van der Waals surface area contributed by atoms with E-state index in [9.17, 15) is 22.8 Å². The Morgan fingerprint density at radius 2 is 1.88 bits per heavy atom. The molecule has 2 N–H and O–H groups in total. The lowest BCUT2D eigenvalue weighted by molar-refractivity contribution is -0.172. The first kappa shape index (κ1) is 21.0. The number of amides is 2. The van der Waals surface area contributed by atoms with Gasteiger partial charge in [0.1, 0.15) is 12.0 Å². The summed E-state index contributed by atoms with van der Waals surface area (Å²) in [6.07, 6.45) is -1.90. The monoisotopic (exact) mass is 371 g/mol. The van der Waals surface area contributed by atoms with Crippen LogP contribution in [0.15, 0.2) is 0 Å². The van der Waals surface area contributed by atoms with Crippen molar-refractivity contribution in [1.82, 2.24) is 15.5 Å². The summed E-state index contributed by atoms with van der Waals surface area (Å²) in [4.78, 5) is 25.9. The molecule has 5 nitrogen and oxygen atoms in total. The Kier molecular flexibility index (Phi) is 7.79. The van der Waals surface area contributed by atoms with E-state index in [1.807, 2.05) is 12.4 Å². The number of carbonyl (C=O) groups excluding carboxylic acids is 2. The second-order valence-corrected chi connectivity index (χ2v) is 6.39. The molecule has 0 aromatic rings. The molecule has 2 rings (SSSR count). The third-order valence-corrected chi connectivity index (χ3v) is 4.80. The van der Waals surface area contributed by atoms with Crippen molar-refractivity contribution in [2.45, 2.75) is 44.3 Å². The van der Waals surface area contributed by atoms with Crippen molar-refractivity contribution < 1.29 is 22.8 Å². The minimum absolute atomic E-state index is 0. The van der Waals surface area contributed by atoms with Crippen molar-refractivity contribution in [1.29, 1.82) is 0 Å². The molecule has 2 heterocycles. The van der Waals surface area contributed by atoms with E-state index in [0.717, 1.165) is 25.8 Å². The molecule has 2 atom stereocenters. The van der Waals surface area contributed by atoms with Crippen LogP contribution in [0, 0.1) is 11.8 Å². The molecular formula is C15H25ClF3N3O2. The molecule has 0 aromatic carbocycles. The summed E-state index contributed by atoms with van der Waals surface area (Å²) >= 11 is 0. The summed E-state index contributed by atoms with van der Waals surface area (Å²) in [5, 5.41) is 5.04. The van der Waals surface area contributed by atoms with Crippen LogP contribution >= 0.6 is 12.4 Å². The van der Waals surface area contributed by atoms with Gasteiger partial charge in [-0.2, -0.15) is 13.2 Å². The average Bonchev–Trinajstić information content (AvgIpc) is 2.52. The van der Waals surface area contributed by atoms with Gasteiger partial charge in [-0.1, -0.05) is 0 Å². The Labute approximate surface area is 146 Å². The van der Waals surface area contributed by atoms with Gasteiger partial charge in [-0.3, -0.25) is 9.59 Å². The molecule has 0 radical (unpaired) electrons. The molecule has 2 unspecified atom stereocenters. The molecule has 0 bridgehead atoms. The molecule has 0 saturated carbocycles. The number of carbonyl (C=O) groups is 2. The van der Waals surface area contributed by atoms with E-state index in [-0.39, 0.29) is 31.2 Å². The van der Waals surface area contributed by atoms with Gasteiger partial charge in [-0.25, -0.2) is 0 Å². The van der Waals surface area contributed by atoms with E-state index < -0.39 is 24.0 Å². The fraction of sp³-hybridized carbons (Fsp3) is 0.867. The minimum atomic E-state index is -4.45. The lowest BCUT2D eigenvalue weighted by Crippen LogP contribution is -2.55. The van der Waals surface area contributed by atoms with E-state index in [1.54, 1.807) is 4.90 Å². The number of piperidine rings is 2.